The van der Waals surface area contributed by atoms with E-state index in [2.05, 4.69) is 0 Å². The summed E-state index contributed by atoms with van der Waals surface area (Å²) in [5.74, 6) is 1.20. The van der Waals surface area contributed by atoms with Crippen molar-refractivity contribution in [3.63, 3.8) is 0 Å². The molecule has 14 nitrogen and oxygen atoms in total. The maximum absolute atomic E-state index is 12.8. The third-order valence-corrected chi connectivity index (χ3v) is 10.7. The van der Waals surface area contributed by atoms with Gasteiger partial charge in [-0.1, -0.05) is 79.7 Å². The molecule has 0 N–H and O–H groups in total. The maximum Gasteiger partial charge on any atom is 0.343 e. The second kappa shape index (κ2) is 29.8. The summed E-state index contributed by atoms with van der Waals surface area (Å²) in [6.07, 6.45) is 0. The summed E-state index contributed by atoms with van der Waals surface area (Å²) >= 11 is 0. The Morgan fingerprint density at radius 1 is 0.338 bits per heavy atom. The normalized spacial score (nSPS) is 11.4. The van der Waals surface area contributed by atoms with Crippen molar-refractivity contribution in [1.29, 1.82) is 0 Å². The fraction of sp³-hybridized carbons (Fsp3) is 0.481. The molecule has 4 aromatic carbocycles. The van der Waals surface area contributed by atoms with Crippen LogP contribution in [0.4, 0.5) is 0 Å². The van der Waals surface area contributed by atoms with E-state index in [1.54, 1.807) is 72.8 Å². The molecule has 0 heterocycles. The highest BCUT2D eigenvalue weighted by molar-refractivity contribution is 5.92. The summed E-state index contributed by atoms with van der Waals surface area (Å²) < 4.78 is 55.5. The lowest BCUT2D eigenvalue weighted by molar-refractivity contribution is -0.154. The van der Waals surface area contributed by atoms with Crippen LogP contribution in [0.2, 0.25) is 0 Å². The topological polar surface area (TPSA) is 161 Å². The number of ether oxygens (including phenoxy) is 10. The molecule has 0 saturated heterocycles. The zero-order chi connectivity index (χ0) is 49.3. The van der Waals surface area contributed by atoms with Gasteiger partial charge in [-0.2, -0.15) is 0 Å². The van der Waals surface area contributed by atoms with E-state index in [0.717, 1.165) is 11.1 Å². The Hall–Kier alpha value is -5.80. The molecule has 0 amide bonds. The summed E-state index contributed by atoms with van der Waals surface area (Å²) in [6.45, 7) is 20.1. The fourth-order valence-corrected chi connectivity index (χ4v) is 7.44. The van der Waals surface area contributed by atoms with Crippen molar-refractivity contribution in [3.05, 3.63) is 108 Å². The summed E-state index contributed by atoms with van der Waals surface area (Å²) in [7, 11) is 0. The van der Waals surface area contributed by atoms with Gasteiger partial charge in [0, 0.05) is 0 Å². The average molecular weight is 943 g/mol. The van der Waals surface area contributed by atoms with Gasteiger partial charge in [0.15, 0.2) is 0 Å². The van der Waals surface area contributed by atoms with Crippen molar-refractivity contribution in [2.45, 2.75) is 55.4 Å². The molecule has 68 heavy (non-hydrogen) atoms. The van der Waals surface area contributed by atoms with E-state index in [-0.39, 0.29) is 60.7 Å². The van der Waals surface area contributed by atoms with E-state index in [0.29, 0.717) is 100 Å². The summed E-state index contributed by atoms with van der Waals surface area (Å²) in [4.78, 5) is 50.2. The highest BCUT2D eigenvalue weighted by Crippen LogP contribution is 2.27. The smallest absolute Gasteiger partial charge is 0.343 e. The molecule has 0 unspecified atom stereocenters. The second-order valence-corrected chi connectivity index (χ2v) is 17.4. The first-order valence-electron chi connectivity index (χ1n) is 23.5. The van der Waals surface area contributed by atoms with Gasteiger partial charge >= 0.3 is 23.9 Å². The van der Waals surface area contributed by atoms with Gasteiger partial charge in [0.1, 0.15) is 49.4 Å². The first-order valence-corrected chi connectivity index (χ1v) is 23.5. The molecule has 4 aromatic rings. The number of carbonyl (C=O) groups is 4. The third-order valence-electron chi connectivity index (χ3n) is 10.7. The first-order chi connectivity index (χ1) is 32.7. The molecule has 0 atom stereocenters. The lowest BCUT2D eigenvalue weighted by Crippen LogP contribution is -2.28. The van der Waals surface area contributed by atoms with E-state index in [1.165, 1.54) is 0 Å². The molecular formula is C54H70O14. The minimum Gasteiger partial charge on any atom is -0.491 e. The molecule has 0 aliphatic rings. The van der Waals surface area contributed by atoms with Crippen LogP contribution in [0.25, 0.3) is 11.1 Å². The van der Waals surface area contributed by atoms with Gasteiger partial charge in [-0.3, -0.25) is 9.59 Å². The van der Waals surface area contributed by atoms with Crippen LogP contribution in [0.3, 0.4) is 0 Å². The molecule has 14 heteroatoms. The Bertz CT molecular complexity index is 1910. The summed E-state index contributed by atoms with van der Waals surface area (Å²) in [6, 6.07) is 27.5. The minimum absolute atomic E-state index is 0.125. The van der Waals surface area contributed by atoms with Crippen LogP contribution in [0.5, 0.6) is 23.0 Å². The first kappa shape index (κ1) is 54.8. The van der Waals surface area contributed by atoms with E-state index >= 15 is 0 Å². The minimum atomic E-state index is -0.505. The predicted octanol–water partition coefficient (Wildman–Crippen LogP) is 9.56. The molecule has 0 spiro atoms. The van der Waals surface area contributed by atoms with Crippen LogP contribution in [0.1, 0.15) is 76.1 Å². The van der Waals surface area contributed by atoms with E-state index in [9.17, 15) is 19.2 Å². The lowest BCUT2D eigenvalue weighted by atomic mass is 9.86. The van der Waals surface area contributed by atoms with E-state index < -0.39 is 11.9 Å². The monoisotopic (exact) mass is 942 g/mol. The van der Waals surface area contributed by atoms with Gasteiger partial charge in [0.05, 0.1) is 75.8 Å². The average Bonchev–Trinajstić information content (AvgIpc) is 3.30. The van der Waals surface area contributed by atoms with Crippen LogP contribution >= 0.6 is 0 Å². The zero-order valence-corrected chi connectivity index (χ0v) is 40.9. The van der Waals surface area contributed by atoms with Crippen LogP contribution in [0.15, 0.2) is 97.1 Å². The van der Waals surface area contributed by atoms with Gasteiger partial charge in [0.2, 0.25) is 0 Å². The van der Waals surface area contributed by atoms with Crippen molar-refractivity contribution in [2.75, 3.05) is 79.3 Å². The fourth-order valence-electron chi connectivity index (χ4n) is 7.44. The number of hydrogen-bond acceptors (Lipinski definition) is 14. The molecule has 0 fully saturated rings. The van der Waals surface area contributed by atoms with Crippen LogP contribution in [-0.2, 0) is 38.0 Å². The molecule has 0 aliphatic carbocycles. The number of hydrogen-bond donors (Lipinski definition) is 0. The Labute approximate surface area is 401 Å². The van der Waals surface area contributed by atoms with Crippen molar-refractivity contribution in [2.24, 2.45) is 35.5 Å². The SMILES string of the molecule is CC(C)C(C(=O)OCCOCCOCCOc1ccc(C(=O)Oc2ccc(-c3ccc(OC(=O)c4ccc(OCCOCCOCCOC(=O)C(C(C)C)C(C)C)cc4)cc3)cc2)cc1)C(C)C. The van der Waals surface area contributed by atoms with Crippen LogP contribution in [0, 0.1) is 35.5 Å². The predicted molar refractivity (Wildman–Crippen MR) is 257 cm³/mol. The van der Waals surface area contributed by atoms with Crippen molar-refractivity contribution in [3.8, 4) is 34.1 Å². The van der Waals surface area contributed by atoms with Crippen molar-refractivity contribution in [1.82, 2.24) is 0 Å². The largest absolute Gasteiger partial charge is 0.491 e. The van der Waals surface area contributed by atoms with E-state index in [4.69, 9.17) is 47.4 Å². The molecule has 0 saturated carbocycles. The van der Waals surface area contributed by atoms with E-state index in [1.807, 2.05) is 79.7 Å². The molecule has 0 aromatic heterocycles. The standard InChI is InChI=1S/C54H70O14/c1-37(2)49(38(3)4)53(57)65-35-31-61-27-25-59-29-33-63-45-17-13-43(14-18-45)51(55)67-47-21-9-41(10-22-47)42-11-23-48(24-12-42)68-52(56)44-15-19-46(20-16-44)64-34-30-60-26-28-62-32-36-66-54(58)50(39(5)6)40(7)8/h9-24,37-40,49-50H,25-36H2,1-8H3. The van der Waals surface area contributed by atoms with Crippen LogP contribution < -0.4 is 18.9 Å². The number of benzene rings is 4. The van der Waals surface area contributed by atoms with Crippen molar-refractivity contribution >= 4 is 23.9 Å². The second-order valence-electron chi connectivity index (χ2n) is 17.4. The lowest BCUT2D eigenvalue weighted by Gasteiger charge is -2.22. The number of rotatable bonds is 31. The Morgan fingerprint density at radius 2 is 0.603 bits per heavy atom. The Morgan fingerprint density at radius 3 is 0.897 bits per heavy atom. The highest BCUT2D eigenvalue weighted by atomic mass is 16.6. The van der Waals surface area contributed by atoms with Crippen molar-refractivity contribution < 1.29 is 66.5 Å². The Balaban J connectivity index is 1.06. The number of carbonyl (C=O) groups excluding carboxylic acids is 4. The van der Waals surface area contributed by atoms with Gasteiger partial charge in [-0.25, -0.2) is 9.59 Å². The summed E-state index contributed by atoms with van der Waals surface area (Å²) in [5, 5.41) is 0. The molecule has 0 radical (unpaired) electrons. The van der Waals surface area contributed by atoms with Gasteiger partial charge in [-0.15, -0.1) is 0 Å². The van der Waals surface area contributed by atoms with Gasteiger partial charge in [0.25, 0.3) is 0 Å². The zero-order valence-electron chi connectivity index (χ0n) is 40.9. The third kappa shape index (κ3) is 19.4. The molecule has 370 valence electrons. The highest BCUT2D eigenvalue weighted by Gasteiger charge is 2.28. The number of esters is 4. The van der Waals surface area contributed by atoms with Crippen LogP contribution in [-0.4, -0.2) is 103 Å². The van der Waals surface area contributed by atoms with Gasteiger partial charge < -0.3 is 47.4 Å². The molecule has 4 rings (SSSR count). The molecular weight excluding hydrogens is 873 g/mol. The summed E-state index contributed by atoms with van der Waals surface area (Å²) in [5.41, 5.74) is 2.50. The quantitative estimate of drug-likeness (QED) is 0.0267. The molecule has 0 aliphatic heterocycles. The maximum atomic E-state index is 12.8. The Kier molecular flexibility index (Phi) is 24.1. The van der Waals surface area contributed by atoms with Gasteiger partial charge in [-0.05, 0) is 108 Å². The molecule has 0 bridgehead atoms.